The van der Waals surface area contributed by atoms with Gasteiger partial charge in [-0.25, -0.2) is 9.78 Å². The molecule has 1 N–H and O–H groups in total. The molecule has 1 aliphatic carbocycles. The van der Waals surface area contributed by atoms with Crippen molar-refractivity contribution in [3.05, 3.63) is 35.9 Å². The van der Waals surface area contributed by atoms with Crippen molar-refractivity contribution in [3.8, 4) is 0 Å². The lowest BCUT2D eigenvalue weighted by atomic mass is 10.0. The number of aromatic nitrogens is 2. The van der Waals surface area contributed by atoms with Gasteiger partial charge >= 0.3 is 12.3 Å². The first kappa shape index (κ1) is 22.4. The molecule has 7 nitrogen and oxygen atoms in total. The first-order chi connectivity index (χ1) is 14.7. The first-order valence-corrected chi connectivity index (χ1v) is 10.5. The van der Waals surface area contributed by atoms with Crippen LogP contribution in [0.25, 0.3) is 5.52 Å². The van der Waals surface area contributed by atoms with E-state index in [0.29, 0.717) is 24.4 Å². The van der Waals surface area contributed by atoms with Crippen molar-refractivity contribution in [1.29, 1.82) is 0 Å². The molecule has 2 aliphatic rings. The Morgan fingerprint density at radius 1 is 1.09 bits per heavy atom. The lowest BCUT2D eigenvalue weighted by Crippen LogP contribution is -2.45. The van der Waals surface area contributed by atoms with Crippen LogP contribution in [0, 0.1) is 17.8 Å². The number of carbonyl (C=O) groups excluding carboxylic acids is 2. The van der Waals surface area contributed by atoms with E-state index in [1.807, 2.05) is 0 Å². The minimum Gasteiger partial charge on any atom is -0.444 e. The highest BCUT2D eigenvalue weighted by Crippen LogP contribution is 2.52. The van der Waals surface area contributed by atoms with Crippen LogP contribution in [0.5, 0.6) is 0 Å². The predicted octanol–water partition coefficient (Wildman–Crippen LogP) is 3.82. The minimum absolute atomic E-state index is 0.0622. The zero-order chi connectivity index (χ0) is 23.6. The fraction of sp³-hybridized carbons (Fsp3) is 0.591. The van der Waals surface area contributed by atoms with E-state index in [1.54, 1.807) is 39.5 Å². The lowest BCUT2D eigenvalue weighted by molar-refractivity contribution is -0.138. The highest BCUT2D eigenvalue weighted by molar-refractivity contribution is 5.84. The molecule has 0 bridgehead atoms. The van der Waals surface area contributed by atoms with E-state index in [2.05, 4.69) is 10.3 Å². The van der Waals surface area contributed by atoms with E-state index in [9.17, 15) is 22.8 Å². The predicted molar refractivity (Wildman–Crippen MR) is 110 cm³/mol. The standard InChI is InChI=1S/C22H27F3N4O3/c1-20(2,3)32-19(31)28-10-14-15(11-28)16(14)17(30)27-21(4,5)18-26-8-13-7-6-12(9-29(13)18)22(23,24)25/h6-9,14-16H,10-11H2,1-5H3,(H,27,30)/t14-,15+,16?. The van der Waals surface area contributed by atoms with E-state index >= 15 is 0 Å². The van der Waals surface area contributed by atoms with Crippen molar-refractivity contribution in [2.75, 3.05) is 13.1 Å². The molecule has 0 radical (unpaired) electrons. The molecule has 1 aliphatic heterocycles. The third-order valence-corrected chi connectivity index (χ3v) is 6.00. The largest absolute Gasteiger partial charge is 0.444 e. The van der Waals surface area contributed by atoms with E-state index < -0.39 is 22.9 Å². The Kier molecular flexibility index (Phi) is 4.98. The van der Waals surface area contributed by atoms with E-state index in [0.717, 1.165) is 12.3 Å². The Hall–Kier alpha value is -2.78. The number of nitrogens with zero attached hydrogens (tertiary/aromatic N) is 3. The summed E-state index contributed by atoms with van der Waals surface area (Å²) in [6.07, 6.45) is -2.38. The number of hydrogen-bond donors (Lipinski definition) is 1. The normalized spacial score (nSPS) is 23.2. The number of carbonyl (C=O) groups is 2. The van der Waals surface area contributed by atoms with Gasteiger partial charge in [-0.1, -0.05) is 0 Å². The van der Waals surface area contributed by atoms with Crippen molar-refractivity contribution in [3.63, 3.8) is 0 Å². The zero-order valence-corrected chi connectivity index (χ0v) is 18.7. The lowest BCUT2D eigenvalue weighted by Gasteiger charge is -2.27. The Balaban J connectivity index is 1.43. The summed E-state index contributed by atoms with van der Waals surface area (Å²) in [7, 11) is 0. The molecule has 2 aromatic heterocycles. The Morgan fingerprint density at radius 2 is 1.72 bits per heavy atom. The molecule has 2 fully saturated rings. The van der Waals surface area contributed by atoms with Gasteiger partial charge in [0.2, 0.25) is 5.91 Å². The highest BCUT2D eigenvalue weighted by atomic mass is 19.4. The number of hydrogen-bond acceptors (Lipinski definition) is 4. The minimum atomic E-state index is -4.48. The number of alkyl halides is 3. The van der Waals surface area contributed by atoms with E-state index in [-0.39, 0.29) is 29.8 Å². The molecule has 4 rings (SSSR count). The second-order valence-corrected chi connectivity index (χ2v) is 10.1. The molecule has 32 heavy (non-hydrogen) atoms. The summed E-state index contributed by atoms with van der Waals surface area (Å²) in [5.74, 6) is 0.0231. The fourth-order valence-electron chi connectivity index (χ4n) is 4.46. The van der Waals surface area contributed by atoms with Gasteiger partial charge in [-0.05, 0) is 58.6 Å². The van der Waals surface area contributed by atoms with Crippen molar-refractivity contribution in [1.82, 2.24) is 19.6 Å². The molecular weight excluding hydrogens is 425 g/mol. The van der Waals surface area contributed by atoms with Crippen LogP contribution in [0.3, 0.4) is 0 Å². The van der Waals surface area contributed by atoms with Crippen LogP contribution in [0.2, 0.25) is 0 Å². The third kappa shape index (κ3) is 4.14. The van der Waals surface area contributed by atoms with Crippen LogP contribution in [0.4, 0.5) is 18.0 Å². The SMILES string of the molecule is CC(C)(C)OC(=O)N1C[C@@H]2C(C(=O)NC(C)(C)c3ncc4ccc(C(F)(F)F)cn34)[C@@H]2C1. The average molecular weight is 452 g/mol. The summed E-state index contributed by atoms with van der Waals surface area (Å²) in [6.45, 7) is 9.75. The van der Waals surface area contributed by atoms with Crippen molar-refractivity contribution >= 4 is 17.5 Å². The second-order valence-electron chi connectivity index (χ2n) is 10.1. The molecule has 3 heterocycles. The van der Waals surface area contributed by atoms with Crippen molar-refractivity contribution in [2.24, 2.45) is 17.8 Å². The molecular formula is C22H27F3N4O3. The zero-order valence-electron chi connectivity index (χ0n) is 18.7. The fourth-order valence-corrected chi connectivity index (χ4v) is 4.46. The summed E-state index contributed by atoms with van der Waals surface area (Å²) in [5.41, 5.74) is -1.85. The van der Waals surface area contributed by atoms with Crippen LogP contribution in [-0.4, -0.2) is 45.0 Å². The summed E-state index contributed by atoms with van der Waals surface area (Å²) < 4.78 is 46.2. The third-order valence-electron chi connectivity index (χ3n) is 6.00. The van der Waals surface area contributed by atoms with Crippen molar-refractivity contribution < 1.29 is 27.5 Å². The highest BCUT2D eigenvalue weighted by Gasteiger charge is 2.61. The number of nitrogens with one attached hydrogen (secondary N) is 1. The summed E-state index contributed by atoms with van der Waals surface area (Å²) in [6, 6.07) is 2.36. The number of imidazole rings is 1. The molecule has 174 valence electrons. The smallest absolute Gasteiger partial charge is 0.417 e. The Labute approximate surface area is 183 Å². The summed E-state index contributed by atoms with van der Waals surface area (Å²) in [5, 5.41) is 2.94. The van der Waals surface area contributed by atoms with Crippen LogP contribution >= 0.6 is 0 Å². The maximum absolute atomic E-state index is 13.1. The molecule has 2 aromatic rings. The van der Waals surface area contributed by atoms with Crippen LogP contribution in [0.15, 0.2) is 24.5 Å². The Bertz CT molecular complexity index is 1060. The van der Waals surface area contributed by atoms with E-state index in [4.69, 9.17) is 4.74 Å². The molecule has 2 amide bonds. The summed E-state index contributed by atoms with van der Waals surface area (Å²) in [4.78, 5) is 31.1. The molecule has 1 unspecified atom stereocenters. The second kappa shape index (κ2) is 7.11. The number of ether oxygens (including phenoxy) is 1. The maximum atomic E-state index is 13.1. The molecule has 10 heteroatoms. The number of piperidine rings is 1. The van der Waals surface area contributed by atoms with Crippen LogP contribution < -0.4 is 5.32 Å². The monoisotopic (exact) mass is 452 g/mol. The number of fused-ring (bicyclic) bond motifs is 2. The number of rotatable bonds is 3. The molecule has 0 aromatic carbocycles. The van der Waals surface area contributed by atoms with Gasteiger partial charge in [0.05, 0.1) is 22.8 Å². The van der Waals surface area contributed by atoms with Gasteiger partial charge in [0, 0.05) is 25.2 Å². The number of halogens is 3. The van der Waals surface area contributed by atoms with Crippen LogP contribution in [0.1, 0.15) is 46.0 Å². The first-order valence-electron chi connectivity index (χ1n) is 10.5. The Morgan fingerprint density at radius 3 is 2.28 bits per heavy atom. The average Bonchev–Trinajstić information content (AvgIpc) is 3.00. The number of likely N-dealkylation sites (tertiary alicyclic amines) is 1. The molecule has 0 spiro atoms. The quantitative estimate of drug-likeness (QED) is 0.768. The van der Waals surface area contributed by atoms with E-state index in [1.165, 1.54) is 16.7 Å². The van der Waals surface area contributed by atoms with Gasteiger partial charge in [-0.15, -0.1) is 0 Å². The van der Waals surface area contributed by atoms with Gasteiger partial charge in [0.1, 0.15) is 11.4 Å². The van der Waals surface area contributed by atoms with Gasteiger partial charge in [0.25, 0.3) is 0 Å². The topological polar surface area (TPSA) is 75.9 Å². The maximum Gasteiger partial charge on any atom is 0.417 e. The van der Waals surface area contributed by atoms with Gasteiger partial charge in [-0.3, -0.25) is 4.79 Å². The van der Waals surface area contributed by atoms with Crippen molar-refractivity contribution in [2.45, 2.75) is 51.9 Å². The molecule has 1 saturated carbocycles. The van der Waals surface area contributed by atoms with Gasteiger partial charge in [0.15, 0.2) is 0 Å². The number of amides is 2. The van der Waals surface area contributed by atoms with Gasteiger partial charge < -0.3 is 19.4 Å². The molecule has 1 saturated heterocycles. The number of pyridine rings is 1. The summed E-state index contributed by atoms with van der Waals surface area (Å²) >= 11 is 0. The van der Waals surface area contributed by atoms with Gasteiger partial charge in [-0.2, -0.15) is 13.2 Å². The van der Waals surface area contributed by atoms with Crippen LogP contribution in [-0.2, 0) is 21.2 Å². The molecule has 3 atom stereocenters.